The van der Waals surface area contributed by atoms with E-state index in [0.29, 0.717) is 12.0 Å². The lowest BCUT2D eigenvalue weighted by Gasteiger charge is -2.34. The zero-order valence-electron chi connectivity index (χ0n) is 16.6. The molecule has 3 aromatic rings. The van der Waals surface area contributed by atoms with Gasteiger partial charge in [-0.05, 0) is 31.0 Å². The van der Waals surface area contributed by atoms with Crippen LogP contribution in [0.2, 0.25) is 0 Å². The fraction of sp³-hybridized carbons (Fsp3) is 0.476. The van der Waals surface area contributed by atoms with E-state index in [1.165, 1.54) is 11.3 Å². The largest absolute Gasteiger partial charge is 0.371 e. The van der Waals surface area contributed by atoms with Crippen molar-refractivity contribution in [3.05, 3.63) is 48.2 Å². The van der Waals surface area contributed by atoms with Crippen molar-refractivity contribution in [2.75, 3.05) is 24.5 Å². The summed E-state index contributed by atoms with van der Waals surface area (Å²) in [6.45, 7) is 7.14. The summed E-state index contributed by atoms with van der Waals surface area (Å²) in [7, 11) is 0. The highest BCUT2D eigenvalue weighted by Crippen LogP contribution is 2.25. The number of rotatable bonds is 7. The first-order valence-corrected chi connectivity index (χ1v) is 10.1. The molecule has 0 spiro atoms. The van der Waals surface area contributed by atoms with Crippen LogP contribution in [0.15, 0.2) is 41.1 Å². The summed E-state index contributed by atoms with van der Waals surface area (Å²) >= 11 is 0. The predicted molar refractivity (Wildman–Crippen MR) is 109 cm³/mol. The molecule has 0 aliphatic carbocycles. The molecule has 7 nitrogen and oxygen atoms in total. The van der Waals surface area contributed by atoms with Crippen molar-refractivity contribution >= 4 is 5.69 Å². The smallest absolute Gasteiger partial charge is 0.227 e. The standard InChI is InChI=1S/C21H28N6O/c1-15(2)21-24-20(28-26-21)7-10-22-17-8-12-27(13-9-17)18-5-3-4-16(14-18)19-6-11-23-25-19/h3-6,11,14-15,17,22H,7-10,12-13H2,1-2H3,(H,23,25). The first-order chi connectivity index (χ1) is 13.7. The van der Waals surface area contributed by atoms with Gasteiger partial charge in [0.15, 0.2) is 5.82 Å². The summed E-state index contributed by atoms with van der Waals surface area (Å²) in [6, 6.07) is 11.2. The second-order valence-corrected chi connectivity index (χ2v) is 7.69. The molecule has 3 heterocycles. The number of H-pyrrole nitrogens is 1. The fourth-order valence-electron chi connectivity index (χ4n) is 3.62. The minimum absolute atomic E-state index is 0.307. The van der Waals surface area contributed by atoms with Crippen LogP contribution < -0.4 is 10.2 Å². The Bertz CT molecular complexity index is 865. The maximum atomic E-state index is 5.32. The molecule has 4 rings (SSSR count). The van der Waals surface area contributed by atoms with Gasteiger partial charge in [0.25, 0.3) is 0 Å². The number of hydrogen-bond donors (Lipinski definition) is 2. The number of aromatic nitrogens is 4. The molecule has 1 saturated heterocycles. The van der Waals surface area contributed by atoms with Crippen LogP contribution in [0.5, 0.6) is 0 Å². The normalized spacial score (nSPS) is 15.5. The zero-order valence-corrected chi connectivity index (χ0v) is 16.6. The summed E-state index contributed by atoms with van der Waals surface area (Å²) in [5.41, 5.74) is 3.51. The number of nitrogens with zero attached hydrogens (tertiary/aromatic N) is 4. The van der Waals surface area contributed by atoms with Crippen LogP contribution in [0.3, 0.4) is 0 Å². The molecule has 0 amide bonds. The third-order valence-electron chi connectivity index (χ3n) is 5.29. The maximum Gasteiger partial charge on any atom is 0.227 e. The van der Waals surface area contributed by atoms with E-state index in [2.05, 4.69) is 68.7 Å². The van der Waals surface area contributed by atoms with Gasteiger partial charge in [-0.15, -0.1) is 0 Å². The molecule has 2 aromatic heterocycles. The Balaban J connectivity index is 1.25. The average molecular weight is 380 g/mol. The SMILES string of the molecule is CC(C)c1noc(CCNC2CCN(c3cccc(-c4ccn[nH]4)c3)CC2)n1. The Morgan fingerprint density at radius 2 is 2.11 bits per heavy atom. The van der Waals surface area contributed by atoms with Crippen molar-refractivity contribution in [1.29, 1.82) is 0 Å². The van der Waals surface area contributed by atoms with Gasteiger partial charge in [-0.1, -0.05) is 31.1 Å². The lowest BCUT2D eigenvalue weighted by Crippen LogP contribution is -2.43. The van der Waals surface area contributed by atoms with Crippen LogP contribution in [0, 0.1) is 0 Å². The second-order valence-electron chi connectivity index (χ2n) is 7.69. The second kappa shape index (κ2) is 8.56. The van der Waals surface area contributed by atoms with Crippen LogP contribution in [-0.2, 0) is 6.42 Å². The summed E-state index contributed by atoms with van der Waals surface area (Å²) in [5, 5.41) is 14.8. The molecule has 0 bridgehead atoms. The predicted octanol–water partition coefficient (Wildman–Crippen LogP) is 3.38. The van der Waals surface area contributed by atoms with Gasteiger partial charge in [0.05, 0.1) is 5.69 Å². The molecule has 1 aliphatic rings. The lowest BCUT2D eigenvalue weighted by molar-refractivity contribution is 0.359. The van der Waals surface area contributed by atoms with Gasteiger partial charge in [-0.2, -0.15) is 10.1 Å². The number of nitrogens with one attached hydrogen (secondary N) is 2. The van der Waals surface area contributed by atoms with E-state index in [4.69, 9.17) is 4.52 Å². The third kappa shape index (κ3) is 4.42. The van der Waals surface area contributed by atoms with Crippen LogP contribution in [0.4, 0.5) is 5.69 Å². The number of piperidine rings is 1. The van der Waals surface area contributed by atoms with Crippen molar-refractivity contribution in [3.8, 4) is 11.3 Å². The first kappa shape index (κ1) is 18.7. The number of benzene rings is 1. The van der Waals surface area contributed by atoms with Crippen molar-refractivity contribution < 1.29 is 4.52 Å². The molecule has 28 heavy (non-hydrogen) atoms. The van der Waals surface area contributed by atoms with Crippen molar-refractivity contribution in [3.63, 3.8) is 0 Å². The van der Waals surface area contributed by atoms with E-state index in [9.17, 15) is 0 Å². The lowest BCUT2D eigenvalue weighted by atomic mass is 10.0. The number of anilines is 1. The van der Waals surface area contributed by atoms with Gasteiger partial charge in [0, 0.05) is 55.5 Å². The Hall–Kier alpha value is -2.67. The van der Waals surface area contributed by atoms with Gasteiger partial charge in [-0.25, -0.2) is 0 Å². The number of aromatic amines is 1. The topological polar surface area (TPSA) is 82.9 Å². The molecule has 1 aliphatic heterocycles. The molecule has 148 valence electrons. The third-order valence-corrected chi connectivity index (χ3v) is 5.29. The van der Waals surface area contributed by atoms with Crippen LogP contribution >= 0.6 is 0 Å². The van der Waals surface area contributed by atoms with Crippen molar-refractivity contribution in [2.45, 2.75) is 45.1 Å². The molecular weight excluding hydrogens is 352 g/mol. The summed E-state index contributed by atoms with van der Waals surface area (Å²) in [4.78, 5) is 6.90. The van der Waals surface area contributed by atoms with E-state index in [0.717, 1.165) is 56.3 Å². The molecule has 0 radical (unpaired) electrons. The van der Waals surface area contributed by atoms with Gasteiger partial charge >= 0.3 is 0 Å². The van der Waals surface area contributed by atoms with Crippen LogP contribution in [0.1, 0.15) is 44.3 Å². The van der Waals surface area contributed by atoms with E-state index >= 15 is 0 Å². The minimum atomic E-state index is 0.307. The fourth-order valence-corrected chi connectivity index (χ4v) is 3.62. The van der Waals surface area contributed by atoms with Gasteiger partial charge in [0.2, 0.25) is 5.89 Å². The van der Waals surface area contributed by atoms with Gasteiger partial charge in [0.1, 0.15) is 0 Å². The van der Waals surface area contributed by atoms with E-state index in [1.54, 1.807) is 6.20 Å². The van der Waals surface area contributed by atoms with Crippen LogP contribution in [-0.4, -0.2) is 46.0 Å². The quantitative estimate of drug-likeness (QED) is 0.654. The maximum absolute atomic E-state index is 5.32. The molecular formula is C21H28N6O. The van der Waals surface area contributed by atoms with E-state index in [-0.39, 0.29) is 0 Å². The van der Waals surface area contributed by atoms with E-state index in [1.807, 2.05) is 6.07 Å². The zero-order chi connectivity index (χ0) is 19.3. The van der Waals surface area contributed by atoms with Crippen molar-refractivity contribution in [2.24, 2.45) is 0 Å². The first-order valence-electron chi connectivity index (χ1n) is 10.1. The Labute approximate surface area is 165 Å². The van der Waals surface area contributed by atoms with Gasteiger partial charge < -0.3 is 14.7 Å². The highest BCUT2D eigenvalue weighted by molar-refractivity contribution is 5.65. The molecule has 0 unspecified atom stereocenters. The summed E-state index contributed by atoms with van der Waals surface area (Å²) in [5.74, 6) is 1.83. The highest BCUT2D eigenvalue weighted by atomic mass is 16.5. The minimum Gasteiger partial charge on any atom is -0.371 e. The highest BCUT2D eigenvalue weighted by Gasteiger charge is 2.19. The molecule has 1 fully saturated rings. The average Bonchev–Trinajstić information content (AvgIpc) is 3.41. The molecule has 7 heteroatoms. The van der Waals surface area contributed by atoms with E-state index < -0.39 is 0 Å². The Morgan fingerprint density at radius 1 is 1.25 bits per heavy atom. The van der Waals surface area contributed by atoms with Crippen molar-refractivity contribution in [1.82, 2.24) is 25.7 Å². The summed E-state index contributed by atoms with van der Waals surface area (Å²) < 4.78 is 5.32. The monoisotopic (exact) mass is 380 g/mol. The molecule has 1 aromatic carbocycles. The Morgan fingerprint density at radius 3 is 2.82 bits per heavy atom. The van der Waals surface area contributed by atoms with Gasteiger partial charge in [-0.3, -0.25) is 5.10 Å². The number of hydrogen-bond acceptors (Lipinski definition) is 6. The molecule has 2 N–H and O–H groups in total. The molecule has 0 atom stereocenters. The molecule has 0 saturated carbocycles. The Kier molecular flexibility index (Phi) is 5.71. The summed E-state index contributed by atoms with van der Waals surface area (Å²) in [6.07, 6.45) is 4.84. The van der Waals surface area contributed by atoms with Crippen LogP contribution in [0.25, 0.3) is 11.3 Å².